The molecule has 0 aliphatic rings. The van der Waals surface area contributed by atoms with Crippen LogP contribution in [0.3, 0.4) is 0 Å². The van der Waals surface area contributed by atoms with Crippen LogP contribution in [-0.2, 0) is 4.79 Å². The highest BCUT2D eigenvalue weighted by Crippen LogP contribution is 2.33. The zero-order valence-corrected chi connectivity index (χ0v) is 14.2. The van der Waals surface area contributed by atoms with Gasteiger partial charge in [0.2, 0.25) is 0 Å². The van der Waals surface area contributed by atoms with Crippen molar-refractivity contribution < 1.29 is 19.4 Å². The minimum absolute atomic E-state index is 0.0197. The molecule has 0 spiro atoms. The number of carbonyl (C=O) groups excluding carboxylic acids is 2. The van der Waals surface area contributed by atoms with Gasteiger partial charge in [-0.1, -0.05) is 46.9 Å². The van der Waals surface area contributed by atoms with Gasteiger partial charge in [-0.2, -0.15) is 0 Å². The highest BCUT2D eigenvalue weighted by atomic mass is 35.5. The van der Waals surface area contributed by atoms with E-state index in [0.29, 0.717) is 0 Å². The van der Waals surface area contributed by atoms with E-state index < -0.39 is 18.4 Å². The molecule has 2 aromatic carbocycles. The van der Waals surface area contributed by atoms with E-state index in [0.717, 1.165) is 0 Å². The number of amides is 2. The molecular weight excluding hydrogens is 379 g/mol. The lowest BCUT2D eigenvalue weighted by Crippen LogP contribution is -2.43. The Morgan fingerprint density at radius 1 is 1.00 bits per heavy atom. The Kier molecular flexibility index (Phi) is 6.14. The van der Waals surface area contributed by atoms with Crippen molar-refractivity contribution in [3.05, 3.63) is 57.0 Å². The first kappa shape index (κ1) is 18.2. The summed E-state index contributed by atoms with van der Waals surface area (Å²) >= 11 is 17.5. The van der Waals surface area contributed by atoms with E-state index >= 15 is 0 Å². The van der Waals surface area contributed by atoms with Gasteiger partial charge in [0.1, 0.15) is 11.5 Å². The number of phenolic OH excluding ortho intramolecular Hbond substituents is 1. The number of ether oxygens (including phenoxy) is 1. The predicted octanol–water partition coefficient (Wildman–Crippen LogP) is 3.19. The number of hydrogen-bond donors (Lipinski definition) is 3. The van der Waals surface area contributed by atoms with Gasteiger partial charge in [0.05, 0.1) is 20.6 Å². The zero-order chi connectivity index (χ0) is 17.7. The van der Waals surface area contributed by atoms with Crippen LogP contribution in [-0.4, -0.2) is 23.5 Å². The average molecular weight is 390 g/mol. The highest BCUT2D eigenvalue weighted by Gasteiger charge is 2.12. The van der Waals surface area contributed by atoms with E-state index in [1.807, 2.05) is 0 Å². The van der Waals surface area contributed by atoms with E-state index in [1.54, 1.807) is 12.1 Å². The monoisotopic (exact) mass is 388 g/mol. The number of phenols is 1. The molecule has 0 fully saturated rings. The first-order valence-electron chi connectivity index (χ1n) is 6.53. The first-order chi connectivity index (χ1) is 11.4. The summed E-state index contributed by atoms with van der Waals surface area (Å²) in [6.45, 7) is -0.418. The molecule has 2 rings (SSSR count). The first-order valence-corrected chi connectivity index (χ1v) is 7.66. The lowest BCUT2D eigenvalue weighted by Gasteiger charge is -2.11. The summed E-state index contributed by atoms with van der Waals surface area (Å²) < 4.78 is 5.21. The van der Waals surface area contributed by atoms with Gasteiger partial charge in [0, 0.05) is 6.07 Å². The van der Waals surface area contributed by atoms with Gasteiger partial charge < -0.3 is 9.84 Å². The van der Waals surface area contributed by atoms with E-state index in [4.69, 9.17) is 39.5 Å². The number of aromatic hydroxyl groups is 1. The third-order valence-electron chi connectivity index (χ3n) is 2.80. The summed E-state index contributed by atoms with van der Waals surface area (Å²) in [7, 11) is 0. The van der Waals surface area contributed by atoms with Gasteiger partial charge in [-0.05, 0) is 18.2 Å². The van der Waals surface area contributed by atoms with Crippen LogP contribution in [0.2, 0.25) is 15.1 Å². The Hall–Kier alpha value is -2.15. The molecule has 2 amide bonds. The molecule has 0 saturated heterocycles. The highest BCUT2D eigenvalue weighted by molar-refractivity contribution is 6.43. The van der Waals surface area contributed by atoms with Crippen molar-refractivity contribution in [3.8, 4) is 11.5 Å². The average Bonchev–Trinajstić information content (AvgIpc) is 2.55. The van der Waals surface area contributed by atoms with Crippen LogP contribution < -0.4 is 15.6 Å². The van der Waals surface area contributed by atoms with Gasteiger partial charge >= 0.3 is 0 Å². The van der Waals surface area contributed by atoms with Gasteiger partial charge in [-0.3, -0.25) is 20.4 Å². The lowest BCUT2D eigenvalue weighted by molar-refractivity contribution is -0.123. The molecule has 3 N–H and O–H groups in total. The van der Waals surface area contributed by atoms with Crippen molar-refractivity contribution in [2.45, 2.75) is 0 Å². The number of benzene rings is 2. The molecule has 0 radical (unpaired) electrons. The standard InChI is InChI=1S/C15H11Cl3N2O4/c16-9-5-11(18)13(6-10(9)17)24-7-14(22)19-20-15(23)8-3-1-2-4-12(8)21/h1-6,21H,7H2,(H,19,22)(H,20,23). The third kappa shape index (κ3) is 4.67. The van der Waals surface area contributed by atoms with Gasteiger partial charge in [-0.25, -0.2) is 0 Å². The Morgan fingerprint density at radius 2 is 1.67 bits per heavy atom. The summed E-state index contributed by atoms with van der Waals surface area (Å²) in [5.74, 6) is -1.34. The van der Waals surface area contributed by atoms with Crippen LogP contribution in [0.25, 0.3) is 0 Å². The zero-order valence-electron chi connectivity index (χ0n) is 12.0. The topological polar surface area (TPSA) is 87.7 Å². The molecular formula is C15H11Cl3N2O4. The normalized spacial score (nSPS) is 10.1. The molecule has 0 bridgehead atoms. The number of hydrazine groups is 1. The van der Waals surface area contributed by atoms with Crippen molar-refractivity contribution in [1.29, 1.82) is 0 Å². The van der Waals surface area contributed by atoms with E-state index in [-0.39, 0.29) is 32.1 Å². The quantitative estimate of drug-likeness (QED) is 0.553. The predicted molar refractivity (Wildman–Crippen MR) is 90.7 cm³/mol. The van der Waals surface area contributed by atoms with E-state index in [9.17, 15) is 14.7 Å². The summed E-state index contributed by atoms with van der Waals surface area (Å²) in [6, 6.07) is 8.67. The van der Waals surface area contributed by atoms with E-state index in [1.165, 1.54) is 24.3 Å². The van der Waals surface area contributed by atoms with Crippen molar-refractivity contribution in [1.82, 2.24) is 10.9 Å². The fraction of sp³-hybridized carbons (Fsp3) is 0.0667. The van der Waals surface area contributed by atoms with Crippen LogP contribution >= 0.6 is 34.8 Å². The van der Waals surface area contributed by atoms with Crippen LogP contribution in [0.4, 0.5) is 0 Å². The minimum atomic E-state index is -0.672. The maximum absolute atomic E-state index is 11.8. The molecule has 126 valence electrons. The molecule has 6 nitrogen and oxygen atoms in total. The number of hydrogen-bond acceptors (Lipinski definition) is 4. The molecule has 0 aliphatic heterocycles. The lowest BCUT2D eigenvalue weighted by atomic mass is 10.2. The number of rotatable bonds is 4. The van der Waals surface area contributed by atoms with Crippen LogP contribution in [0.1, 0.15) is 10.4 Å². The second-order valence-electron chi connectivity index (χ2n) is 4.50. The molecule has 0 atom stereocenters. The number of carbonyl (C=O) groups is 2. The Bertz CT molecular complexity index is 783. The fourth-order valence-corrected chi connectivity index (χ4v) is 2.25. The SMILES string of the molecule is O=C(COc1cc(Cl)c(Cl)cc1Cl)NNC(=O)c1ccccc1O. The smallest absolute Gasteiger partial charge is 0.276 e. The van der Waals surface area contributed by atoms with Crippen molar-refractivity contribution >= 4 is 46.6 Å². The number of para-hydroxylation sites is 1. The summed E-state index contributed by atoms with van der Waals surface area (Å²) in [6.07, 6.45) is 0. The minimum Gasteiger partial charge on any atom is -0.507 e. The van der Waals surface area contributed by atoms with Crippen LogP contribution in [0.5, 0.6) is 11.5 Å². The van der Waals surface area contributed by atoms with Crippen molar-refractivity contribution in [2.24, 2.45) is 0 Å². The maximum atomic E-state index is 11.8. The van der Waals surface area contributed by atoms with Crippen molar-refractivity contribution in [2.75, 3.05) is 6.61 Å². The van der Waals surface area contributed by atoms with E-state index in [2.05, 4.69) is 10.9 Å². The van der Waals surface area contributed by atoms with Gasteiger partial charge in [-0.15, -0.1) is 0 Å². The third-order valence-corrected chi connectivity index (χ3v) is 3.82. The molecule has 24 heavy (non-hydrogen) atoms. The number of halogens is 3. The molecule has 0 aliphatic carbocycles. The maximum Gasteiger partial charge on any atom is 0.276 e. The second kappa shape index (κ2) is 8.10. The molecule has 9 heteroatoms. The summed E-state index contributed by atoms with van der Waals surface area (Å²) in [4.78, 5) is 23.5. The van der Waals surface area contributed by atoms with Gasteiger partial charge in [0.15, 0.2) is 6.61 Å². The molecule has 0 aromatic heterocycles. The molecule has 2 aromatic rings. The summed E-state index contributed by atoms with van der Waals surface area (Å²) in [5.41, 5.74) is 4.32. The Balaban J connectivity index is 1.87. The van der Waals surface area contributed by atoms with Crippen LogP contribution in [0, 0.1) is 0 Å². The Morgan fingerprint density at radius 3 is 2.38 bits per heavy atom. The molecule has 0 heterocycles. The van der Waals surface area contributed by atoms with Crippen molar-refractivity contribution in [3.63, 3.8) is 0 Å². The fourth-order valence-electron chi connectivity index (χ4n) is 1.65. The largest absolute Gasteiger partial charge is 0.507 e. The molecule has 0 unspecified atom stereocenters. The second-order valence-corrected chi connectivity index (χ2v) is 5.73. The number of nitrogens with one attached hydrogen (secondary N) is 2. The molecule has 0 saturated carbocycles. The summed E-state index contributed by atoms with van der Waals surface area (Å²) in [5, 5.41) is 10.2. The van der Waals surface area contributed by atoms with Gasteiger partial charge in [0.25, 0.3) is 11.8 Å². The Labute approximate surface area is 152 Å². The van der Waals surface area contributed by atoms with Crippen LogP contribution in [0.15, 0.2) is 36.4 Å².